The number of guanidine groups is 1. The van der Waals surface area contributed by atoms with E-state index in [-0.39, 0.29) is 12.0 Å². The van der Waals surface area contributed by atoms with Crippen molar-refractivity contribution in [3.63, 3.8) is 0 Å². The fourth-order valence-corrected chi connectivity index (χ4v) is 2.83. The van der Waals surface area contributed by atoms with E-state index in [0.29, 0.717) is 25.6 Å². The molecule has 7 nitrogen and oxygen atoms in total. The minimum atomic E-state index is -1.16. The lowest BCUT2D eigenvalue weighted by Crippen LogP contribution is -2.62. The molecule has 0 radical (unpaired) electrons. The molecule has 1 aromatic carbocycles. The van der Waals surface area contributed by atoms with Crippen molar-refractivity contribution in [2.75, 3.05) is 19.6 Å². The normalized spacial score (nSPS) is 18.5. The number of benzene rings is 1. The Kier molecular flexibility index (Phi) is 5.64. The van der Waals surface area contributed by atoms with Crippen LogP contribution in [0.4, 0.5) is 10.5 Å². The molecule has 1 unspecified atom stereocenters. The maximum atomic E-state index is 11.2. The molecule has 7 heteroatoms. The molecule has 1 N–H and O–H groups in total. The topological polar surface area (TPSA) is 94.8 Å². The summed E-state index contributed by atoms with van der Waals surface area (Å²) in [6.07, 6.45) is 0.772. The molecule has 1 fully saturated rings. The molecule has 1 aliphatic rings. The number of carbonyl (C=O) groups is 1. The van der Waals surface area contributed by atoms with Crippen molar-refractivity contribution in [2.24, 2.45) is 10.9 Å². The lowest BCUT2D eigenvalue weighted by molar-refractivity contribution is -0.267. The summed E-state index contributed by atoms with van der Waals surface area (Å²) in [4.78, 5) is 19.0. The zero-order chi connectivity index (χ0) is 17.7. The lowest BCUT2D eigenvalue weighted by Gasteiger charge is -2.45. The van der Waals surface area contributed by atoms with Crippen LogP contribution in [0.2, 0.25) is 0 Å². The first-order valence-corrected chi connectivity index (χ1v) is 7.96. The number of carbonyl (C=O) groups excluding carboxylic acids is 1. The maximum absolute atomic E-state index is 11.2. The zero-order valence-corrected chi connectivity index (χ0v) is 14.2. The Morgan fingerprint density at radius 1 is 1.42 bits per heavy atom. The van der Waals surface area contributed by atoms with Crippen molar-refractivity contribution < 1.29 is 9.90 Å². The number of nitrogens with one attached hydrogen (secondary N) is 1. The number of piperazine rings is 1. The summed E-state index contributed by atoms with van der Waals surface area (Å²) in [6, 6.07) is 7.58. The first-order valence-electron chi connectivity index (χ1n) is 7.96. The van der Waals surface area contributed by atoms with Gasteiger partial charge in [-0.15, -0.1) is 0 Å². The van der Waals surface area contributed by atoms with Gasteiger partial charge in [0.25, 0.3) is 0 Å². The Bertz CT molecular complexity index is 665. The number of aryl methyl sites for hydroxylation is 1. The van der Waals surface area contributed by atoms with Crippen molar-refractivity contribution in [1.29, 1.82) is 5.26 Å². The van der Waals surface area contributed by atoms with Crippen molar-refractivity contribution in [1.82, 2.24) is 15.1 Å². The van der Waals surface area contributed by atoms with Gasteiger partial charge >= 0.3 is 0 Å². The number of amides is 1. The summed E-state index contributed by atoms with van der Waals surface area (Å²) in [5, 5.41) is 22.9. The van der Waals surface area contributed by atoms with E-state index < -0.39 is 6.09 Å². The number of nitriles is 1. The van der Waals surface area contributed by atoms with Crippen LogP contribution < -0.4 is 10.4 Å². The first kappa shape index (κ1) is 17.6. The second kappa shape index (κ2) is 7.68. The highest BCUT2D eigenvalue weighted by molar-refractivity contribution is 5.85. The summed E-state index contributed by atoms with van der Waals surface area (Å²) in [5.74, 6) is 0.637. The number of hydrogen-bond acceptors (Lipinski definition) is 4. The van der Waals surface area contributed by atoms with E-state index in [0.717, 1.165) is 11.3 Å². The Hall–Kier alpha value is -2.75. The molecule has 0 aromatic heterocycles. The lowest BCUT2D eigenvalue weighted by atomic mass is 10.00. The average molecular weight is 328 g/mol. The zero-order valence-electron chi connectivity index (χ0n) is 14.2. The third kappa shape index (κ3) is 3.96. The fourth-order valence-electron chi connectivity index (χ4n) is 2.83. The highest BCUT2D eigenvalue weighted by Crippen LogP contribution is 2.21. The van der Waals surface area contributed by atoms with Crippen LogP contribution in [-0.4, -0.2) is 47.5 Å². The van der Waals surface area contributed by atoms with E-state index in [1.54, 1.807) is 0 Å². The van der Waals surface area contributed by atoms with Crippen molar-refractivity contribution in [3.8, 4) is 6.19 Å². The molecule has 0 aliphatic carbocycles. The standard InChI is InChI=1S/C17H23N5O2/c1-12(2)15-10-21(17(23)24)8-9-22(15)16(19-11-18)20-14-7-5-4-6-13(14)3/h4-7,12,15H,8-10H2,1-3H3,(H,19,20)(H,23,24)/p-1. The summed E-state index contributed by atoms with van der Waals surface area (Å²) in [6.45, 7) is 7.11. The summed E-state index contributed by atoms with van der Waals surface area (Å²) in [7, 11) is 0. The van der Waals surface area contributed by atoms with E-state index in [9.17, 15) is 9.90 Å². The van der Waals surface area contributed by atoms with Gasteiger partial charge in [-0.05, 0) is 24.5 Å². The molecule has 0 saturated carbocycles. The van der Waals surface area contributed by atoms with Crippen LogP contribution in [0.5, 0.6) is 0 Å². The Balaban J connectivity index is 2.34. The van der Waals surface area contributed by atoms with Crippen LogP contribution in [0.3, 0.4) is 0 Å². The number of nitrogens with zero attached hydrogens (tertiary/aromatic N) is 4. The van der Waals surface area contributed by atoms with Gasteiger partial charge in [0.15, 0.2) is 6.19 Å². The Labute approximate surface area is 142 Å². The van der Waals surface area contributed by atoms with Gasteiger partial charge in [0, 0.05) is 19.6 Å². The SMILES string of the molecule is Cc1ccccc1N=C(NC#N)N1CCN(C(=O)[O-])CC1C(C)C. The van der Waals surface area contributed by atoms with Crippen molar-refractivity contribution in [3.05, 3.63) is 29.8 Å². The van der Waals surface area contributed by atoms with E-state index in [1.165, 1.54) is 4.90 Å². The molecular formula is C17H22N5O2-. The quantitative estimate of drug-likeness (QED) is 0.379. The molecule has 24 heavy (non-hydrogen) atoms. The molecule has 1 aromatic rings. The van der Waals surface area contributed by atoms with Crippen molar-refractivity contribution >= 4 is 17.7 Å². The third-order valence-corrected chi connectivity index (χ3v) is 4.23. The van der Waals surface area contributed by atoms with Crippen molar-refractivity contribution in [2.45, 2.75) is 26.8 Å². The van der Waals surface area contributed by atoms with Gasteiger partial charge < -0.3 is 19.7 Å². The largest absolute Gasteiger partial charge is 0.530 e. The number of aliphatic imine (C=N–C) groups is 1. The van der Waals surface area contributed by atoms with Gasteiger partial charge in [-0.1, -0.05) is 32.0 Å². The summed E-state index contributed by atoms with van der Waals surface area (Å²) >= 11 is 0. The van der Waals surface area contributed by atoms with Gasteiger partial charge in [0.05, 0.1) is 11.7 Å². The molecule has 128 valence electrons. The minimum Gasteiger partial charge on any atom is -0.530 e. The van der Waals surface area contributed by atoms with Crippen LogP contribution in [-0.2, 0) is 0 Å². The van der Waals surface area contributed by atoms with Crippen LogP contribution in [0.25, 0.3) is 0 Å². The molecule has 2 rings (SSSR count). The van der Waals surface area contributed by atoms with Gasteiger partial charge in [-0.25, -0.2) is 4.99 Å². The molecule has 1 saturated heterocycles. The number of hydrogen-bond donors (Lipinski definition) is 1. The highest BCUT2D eigenvalue weighted by atomic mass is 16.4. The Morgan fingerprint density at radius 2 is 2.12 bits per heavy atom. The van der Waals surface area contributed by atoms with E-state index in [4.69, 9.17) is 5.26 Å². The van der Waals surface area contributed by atoms with E-state index in [1.807, 2.05) is 56.1 Å². The molecule has 0 bridgehead atoms. The van der Waals surface area contributed by atoms with Crippen LogP contribution >= 0.6 is 0 Å². The Morgan fingerprint density at radius 3 is 2.71 bits per heavy atom. The first-order chi connectivity index (χ1) is 11.4. The number of carboxylic acid groups (broad SMARTS) is 1. The fraction of sp³-hybridized carbons (Fsp3) is 0.471. The van der Waals surface area contributed by atoms with Crippen LogP contribution in [0, 0.1) is 24.3 Å². The maximum Gasteiger partial charge on any atom is 0.212 e. The predicted octanol–water partition coefficient (Wildman–Crippen LogP) is 1.04. The number of para-hydroxylation sites is 1. The second-order valence-electron chi connectivity index (χ2n) is 6.18. The van der Waals surface area contributed by atoms with Gasteiger partial charge in [0.2, 0.25) is 5.96 Å². The van der Waals surface area contributed by atoms with Crippen LogP contribution in [0.15, 0.2) is 29.3 Å². The molecule has 1 heterocycles. The third-order valence-electron chi connectivity index (χ3n) is 4.23. The summed E-state index contributed by atoms with van der Waals surface area (Å²) in [5.41, 5.74) is 1.78. The van der Waals surface area contributed by atoms with Gasteiger partial charge in [-0.3, -0.25) is 5.32 Å². The monoisotopic (exact) mass is 328 g/mol. The highest BCUT2D eigenvalue weighted by Gasteiger charge is 2.31. The summed E-state index contributed by atoms with van der Waals surface area (Å²) < 4.78 is 0. The second-order valence-corrected chi connectivity index (χ2v) is 6.18. The van der Waals surface area contributed by atoms with Gasteiger partial charge in [-0.2, -0.15) is 5.26 Å². The predicted molar refractivity (Wildman–Crippen MR) is 89.3 cm³/mol. The average Bonchev–Trinajstić information content (AvgIpc) is 2.55. The molecule has 0 spiro atoms. The van der Waals surface area contributed by atoms with E-state index >= 15 is 0 Å². The smallest absolute Gasteiger partial charge is 0.212 e. The van der Waals surface area contributed by atoms with E-state index in [2.05, 4.69) is 10.3 Å². The molecular weight excluding hydrogens is 306 g/mol. The minimum absolute atomic E-state index is 0.0831. The number of rotatable bonds is 2. The van der Waals surface area contributed by atoms with Crippen LogP contribution in [0.1, 0.15) is 19.4 Å². The van der Waals surface area contributed by atoms with Gasteiger partial charge in [0.1, 0.15) is 6.09 Å². The molecule has 1 atom stereocenters. The molecule has 1 aliphatic heterocycles. The molecule has 1 amide bonds.